The van der Waals surface area contributed by atoms with Crippen LogP contribution in [0.2, 0.25) is 0 Å². The Morgan fingerprint density at radius 3 is 2.81 bits per heavy atom. The lowest BCUT2D eigenvalue weighted by molar-refractivity contribution is 0.102. The summed E-state index contributed by atoms with van der Waals surface area (Å²) in [5.74, 6) is 0.601. The van der Waals surface area contributed by atoms with Crippen LogP contribution in [-0.4, -0.2) is 29.0 Å². The molecule has 2 aromatic carbocycles. The number of aldehydes is 1. The molecule has 1 N–H and O–H groups in total. The number of aromatic nitrogens is 2. The topological polar surface area (TPSA) is 81.2 Å². The van der Waals surface area contributed by atoms with Crippen LogP contribution >= 0.6 is 11.3 Å². The van der Waals surface area contributed by atoms with Gasteiger partial charge < -0.3 is 4.74 Å². The van der Waals surface area contributed by atoms with Crippen molar-refractivity contribution in [1.82, 2.24) is 10.2 Å². The molecule has 1 aromatic heterocycles. The lowest BCUT2D eigenvalue weighted by Gasteiger charge is -2.17. The van der Waals surface area contributed by atoms with Gasteiger partial charge in [-0.3, -0.25) is 14.9 Å². The molecular formula is C19H15N3O3S. The van der Waals surface area contributed by atoms with Gasteiger partial charge >= 0.3 is 0 Å². The molecule has 4 rings (SSSR count). The Kier molecular flexibility index (Phi) is 4.45. The maximum absolute atomic E-state index is 12.3. The lowest BCUT2D eigenvalue weighted by atomic mass is 10.0. The summed E-state index contributed by atoms with van der Waals surface area (Å²) in [6.07, 6.45) is 2.80. The van der Waals surface area contributed by atoms with Gasteiger partial charge in [-0.05, 0) is 36.6 Å². The molecule has 0 aliphatic carbocycles. The van der Waals surface area contributed by atoms with E-state index in [4.69, 9.17) is 4.74 Å². The fourth-order valence-electron chi connectivity index (χ4n) is 2.75. The highest BCUT2D eigenvalue weighted by molar-refractivity contribution is 7.18. The highest BCUT2D eigenvalue weighted by Crippen LogP contribution is 2.33. The number of benzene rings is 2. The number of amides is 1. The van der Waals surface area contributed by atoms with Crippen molar-refractivity contribution >= 4 is 28.7 Å². The molecule has 0 bridgehead atoms. The number of fused-ring (bicyclic) bond motifs is 1. The Morgan fingerprint density at radius 1 is 1.15 bits per heavy atom. The summed E-state index contributed by atoms with van der Waals surface area (Å²) in [6, 6.07) is 12.4. The molecule has 0 radical (unpaired) electrons. The van der Waals surface area contributed by atoms with Gasteiger partial charge in [0, 0.05) is 16.7 Å². The molecule has 2 heterocycles. The van der Waals surface area contributed by atoms with Crippen molar-refractivity contribution in [3.05, 3.63) is 59.2 Å². The average molecular weight is 365 g/mol. The van der Waals surface area contributed by atoms with Gasteiger partial charge in [-0.1, -0.05) is 35.6 Å². The smallest absolute Gasteiger partial charge is 0.257 e. The predicted molar refractivity (Wildman–Crippen MR) is 98.9 cm³/mol. The molecule has 0 atom stereocenters. The molecule has 1 aliphatic heterocycles. The number of ether oxygens (including phenoxy) is 1. The number of carbonyl (C=O) groups excluding carboxylic acids is 2. The summed E-state index contributed by atoms with van der Waals surface area (Å²) in [5.41, 5.74) is 3.10. The van der Waals surface area contributed by atoms with Crippen molar-refractivity contribution in [3.63, 3.8) is 0 Å². The summed E-state index contributed by atoms with van der Waals surface area (Å²) < 4.78 is 5.70. The summed E-state index contributed by atoms with van der Waals surface area (Å²) in [6.45, 7) is 0.733. The van der Waals surface area contributed by atoms with E-state index >= 15 is 0 Å². The van der Waals surface area contributed by atoms with Gasteiger partial charge in [0.2, 0.25) is 5.13 Å². The van der Waals surface area contributed by atoms with Gasteiger partial charge in [0.1, 0.15) is 17.0 Å². The minimum Gasteiger partial charge on any atom is -0.493 e. The van der Waals surface area contributed by atoms with Crippen LogP contribution in [0.15, 0.2) is 42.5 Å². The molecule has 0 fully saturated rings. The second kappa shape index (κ2) is 7.05. The number of nitrogens with zero attached hydrogens (tertiary/aromatic N) is 2. The molecule has 0 unspecified atom stereocenters. The third-order valence-electron chi connectivity index (χ3n) is 4.12. The van der Waals surface area contributed by atoms with E-state index in [9.17, 15) is 9.59 Å². The van der Waals surface area contributed by atoms with Gasteiger partial charge in [-0.25, -0.2) is 0 Å². The molecule has 7 heteroatoms. The lowest BCUT2D eigenvalue weighted by Crippen LogP contribution is -2.11. The number of rotatable bonds is 4. The first-order chi connectivity index (χ1) is 12.7. The minimum atomic E-state index is -0.293. The zero-order valence-corrected chi connectivity index (χ0v) is 14.6. The van der Waals surface area contributed by atoms with E-state index in [0.29, 0.717) is 21.3 Å². The highest BCUT2D eigenvalue weighted by atomic mass is 32.1. The van der Waals surface area contributed by atoms with E-state index in [-0.39, 0.29) is 5.91 Å². The van der Waals surface area contributed by atoms with E-state index in [1.165, 1.54) is 16.9 Å². The second-order valence-corrected chi connectivity index (χ2v) is 6.86. The van der Waals surface area contributed by atoms with E-state index in [0.717, 1.165) is 37.0 Å². The van der Waals surface area contributed by atoms with Crippen LogP contribution in [0.4, 0.5) is 5.13 Å². The van der Waals surface area contributed by atoms with Crippen molar-refractivity contribution < 1.29 is 14.3 Å². The van der Waals surface area contributed by atoms with E-state index in [1.807, 2.05) is 12.1 Å². The molecule has 130 valence electrons. The zero-order valence-electron chi connectivity index (χ0n) is 13.8. The number of aryl methyl sites for hydroxylation is 1. The number of hydrogen-bond acceptors (Lipinski definition) is 6. The Labute approximate surface area is 153 Å². The zero-order chi connectivity index (χ0) is 17.9. The van der Waals surface area contributed by atoms with Gasteiger partial charge in [-0.2, -0.15) is 0 Å². The van der Waals surface area contributed by atoms with Crippen molar-refractivity contribution in [1.29, 1.82) is 0 Å². The van der Waals surface area contributed by atoms with E-state index in [1.54, 1.807) is 24.3 Å². The molecule has 26 heavy (non-hydrogen) atoms. The van der Waals surface area contributed by atoms with Crippen LogP contribution in [-0.2, 0) is 6.42 Å². The summed E-state index contributed by atoms with van der Waals surface area (Å²) in [4.78, 5) is 23.0. The maximum Gasteiger partial charge on any atom is 0.257 e. The number of anilines is 1. The standard InChI is InChI=1S/C19H15N3O3S/c23-11-12-3-5-14(6-4-12)17(24)20-19-22-21-18(26-19)15-8-7-13-2-1-9-25-16(13)10-15/h3-8,10-11H,1-2,9H2,(H,20,22,24). The molecule has 1 amide bonds. The number of hydrogen-bond donors (Lipinski definition) is 1. The fraction of sp³-hybridized carbons (Fsp3) is 0.158. The third-order valence-corrected chi connectivity index (χ3v) is 5.00. The molecule has 0 saturated heterocycles. The summed E-state index contributed by atoms with van der Waals surface area (Å²) in [7, 11) is 0. The normalized spacial score (nSPS) is 12.8. The molecule has 6 nitrogen and oxygen atoms in total. The van der Waals surface area contributed by atoms with Crippen LogP contribution in [0.1, 0.15) is 32.7 Å². The van der Waals surface area contributed by atoms with Crippen LogP contribution in [0.25, 0.3) is 10.6 Å². The van der Waals surface area contributed by atoms with Gasteiger partial charge in [0.15, 0.2) is 0 Å². The van der Waals surface area contributed by atoms with Gasteiger partial charge in [0.25, 0.3) is 5.91 Å². The van der Waals surface area contributed by atoms with Crippen molar-refractivity contribution in [3.8, 4) is 16.3 Å². The highest BCUT2D eigenvalue weighted by Gasteiger charge is 2.15. The minimum absolute atomic E-state index is 0.293. The van der Waals surface area contributed by atoms with Crippen LogP contribution in [0, 0.1) is 0 Å². The summed E-state index contributed by atoms with van der Waals surface area (Å²) >= 11 is 1.30. The molecule has 1 aliphatic rings. The molecule has 0 spiro atoms. The first-order valence-electron chi connectivity index (χ1n) is 8.19. The molecular weight excluding hydrogens is 350 g/mol. The quantitative estimate of drug-likeness (QED) is 0.715. The first kappa shape index (κ1) is 16.4. The number of nitrogens with one attached hydrogen (secondary N) is 1. The Balaban J connectivity index is 1.50. The Bertz CT molecular complexity index is 966. The Hall–Kier alpha value is -3.06. The fourth-order valence-corrected chi connectivity index (χ4v) is 3.48. The van der Waals surface area contributed by atoms with Gasteiger partial charge in [-0.15, -0.1) is 10.2 Å². The van der Waals surface area contributed by atoms with Crippen LogP contribution in [0.3, 0.4) is 0 Å². The maximum atomic E-state index is 12.3. The molecule has 3 aromatic rings. The van der Waals surface area contributed by atoms with Crippen molar-refractivity contribution in [2.75, 3.05) is 11.9 Å². The first-order valence-corrected chi connectivity index (χ1v) is 9.01. The molecule has 0 saturated carbocycles. The predicted octanol–water partition coefficient (Wildman–Crippen LogP) is 3.59. The monoisotopic (exact) mass is 365 g/mol. The Morgan fingerprint density at radius 2 is 2.00 bits per heavy atom. The third kappa shape index (κ3) is 3.34. The van der Waals surface area contributed by atoms with Crippen molar-refractivity contribution in [2.24, 2.45) is 0 Å². The van der Waals surface area contributed by atoms with Gasteiger partial charge in [0.05, 0.1) is 6.61 Å². The van der Waals surface area contributed by atoms with Crippen LogP contribution in [0.5, 0.6) is 5.75 Å². The second-order valence-electron chi connectivity index (χ2n) is 5.88. The van der Waals surface area contributed by atoms with E-state index in [2.05, 4.69) is 21.6 Å². The van der Waals surface area contributed by atoms with Crippen molar-refractivity contribution in [2.45, 2.75) is 12.8 Å². The van der Waals surface area contributed by atoms with E-state index < -0.39 is 0 Å². The number of carbonyl (C=O) groups is 2. The SMILES string of the molecule is O=Cc1ccc(C(=O)Nc2nnc(-c3ccc4c(c3)OCCC4)s2)cc1. The largest absolute Gasteiger partial charge is 0.493 e. The van der Waals surface area contributed by atoms with Crippen LogP contribution < -0.4 is 10.1 Å². The average Bonchev–Trinajstić information content (AvgIpc) is 3.16. The summed E-state index contributed by atoms with van der Waals surface area (Å²) in [5, 5.41) is 12.1.